The maximum atomic E-state index is 12.0. The van der Waals surface area contributed by atoms with Crippen molar-refractivity contribution in [3.8, 4) is 0 Å². The monoisotopic (exact) mass is 293 g/mol. The Morgan fingerprint density at radius 1 is 1.42 bits per heavy atom. The highest BCUT2D eigenvalue weighted by atomic mass is 32.2. The maximum Gasteiger partial charge on any atom is 0.279 e. The van der Waals surface area contributed by atoms with Crippen LogP contribution in [-0.4, -0.2) is 59.2 Å². The number of hydrogen-bond acceptors (Lipinski definition) is 4. The summed E-state index contributed by atoms with van der Waals surface area (Å²) in [6, 6.07) is 0. The highest BCUT2D eigenvalue weighted by Crippen LogP contribution is 2.22. The first kappa shape index (κ1) is 16.8. The molecule has 2 N–H and O–H groups in total. The second-order valence-electron chi connectivity index (χ2n) is 5.00. The Kier molecular flexibility index (Phi) is 7.23. The van der Waals surface area contributed by atoms with Crippen LogP contribution in [0.2, 0.25) is 0 Å². The van der Waals surface area contributed by atoms with Gasteiger partial charge >= 0.3 is 0 Å². The average molecular weight is 293 g/mol. The smallest absolute Gasteiger partial charge is 0.279 e. The van der Waals surface area contributed by atoms with Crippen molar-refractivity contribution in [1.82, 2.24) is 14.3 Å². The molecule has 1 fully saturated rings. The number of rotatable bonds is 9. The summed E-state index contributed by atoms with van der Waals surface area (Å²) in [5.41, 5.74) is 0. The minimum Gasteiger partial charge on any atom is -0.378 e. The van der Waals surface area contributed by atoms with Gasteiger partial charge in [-0.15, -0.1) is 0 Å². The fourth-order valence-corrected chi connectivity index (χ4v) is 3.31. The number of nitrogens with zero attached hydrogens (tertiary/aromatic N) is 1. The van der Waals surface area contributed by atoms with Gasteiger partial charge in [0.1, 0.15) is 0 Å². The molecule has 1 heterocycles. The van der Waals surface area contributed by atoms with Crippen LogP contribution in [0.4, 0.5) is 0 Å². The molecule has 0 spiro atoms. The van der Waals surface area contributed by atoms with Gasteiger partial charge in [0.2, 0.25) is 0 Å². The van der Waals surface area contributed by atoms with Gasteiger partial charge in [-0.05, 0) is 32.9 Å². The molecule has 0 saturated carbocycles. The van der Waals surface area contributed by atoms with Crippen LogP contribution in [-0.2, 0) is 14.9 Å². The van der Waals surface area contributed by atoms with E-state index in [0.29, 0.717) is 19.0 Å². The Bertz CT molecular complexity index is 348. The number of nitrogens with one attached hydrogen (secondary N) is 2. The van der Waals surface area contributed by atoms with Crippen molar-refractivity contribution in [3.63, 3.8) is 0 Å². The summed E-state index contributed by atoms with van der Waals surface area (Å²) in [5.74, 6) is 0.297. The lowest BCUT2D eigenvalue weighted by molar-refractivity contribution is 0.0884. The summed E-state index contributed by atoms with van der Waals surface area (Å²) in [6.07, 6.45) is 2.87. The normalized spacial score (nSPS) is 24.2. The molecule has 0 bridgehead atoms. The van der Waals surface area contributed by atoms with E-state index in [0.717, 1.165) is 32.4 Å². The second-order valence-corrected chi connectivity index (χ2v) is 6.86. The average Bonchev–Trinajstić information content (AvgIpc) is 2.84. The highest BCUT2D eigenvalue weighted by Gasteiger charge is 2.28. The molecule has 114 valence electrons. The lowest BCUT2D eigenvalue weighted by Gasteiger charge is -2.21. The van der Waals surface area contributed by atoms with Gasteiger partial charge in [0, 0.05) is 32.7 Å². The lowest BCUT2D eigenvalue weighted by atomic mass is 10.0. The zero-order valence-electron chi connectivity index (χ0n) is 12.2. The van der Waals surface area contributed by atoms with Crippen molar-refractivity contribution >= 4 is 10.2 Å². The summed E-state index contributed by atoms with van der Waals surface area (Å²) >= 11 is 0. The molecule has 0 aliphatic carbocycles. The minimum absolute atomic E-state index is 0.192. The minimum atomic E-state index is -3.36. The summed E-state index contributed by atoms with van der Waals surface area (Å²) in [4.78, 5) is 0. The van der Waals surface area contributed by atoms with Crippen molar-refractivity contribution in [2.45, 2.75) is 32.3 Å². The highest BCUT2D eigenvalue weighted by molar-refractivity contribution is 7.87. The second kappa shape index (κ2) is 8.16. The van der Waals surface area contributed by atoms with E-state index in [2.05, 4.69) is 17.0 Å². The molecule has 0 radical (unpaired) electrons. The van der Waals surface area contributed by atoms with E-state index >= 15 is 0 Å². The molecule has 1 saturated heterocycles. The summed E-state index contributed by atoms with van der Waals surface area (Å²) < 4.78 is 33.7. The molecule has 1 aliphatic heterocycles. The zero-order valence-corrected chi connectivity index (χ0v) is 13.0. The largest absolute Gasteiger partial charge is 0.378 e. The molecule has 6 nitrogen and oxygen atoms in total. The molecule has 7 heteroatoms. The van der Waals surface area contributed by atoms with Gasteiger partial charge in [-0.1, -0.05) is 6.92 Å². The van der Waals surface area contributed by atoms with Gasteiger partial charge in [-0.3, -0.25) is 0 Å². The van der Waals surface area contributed by atoms with Crippen molar-refractivity contribution in [1.29, 1.82) is 0 Å². The Hall–Kier alpha value is -0.210. The summed E-state index contributed by atoms with van der Waals surface area (Å²) in [7, 11) is 0.111. The molecule has 1 rings (SSSR count). The predicted molar refractivity (Wildman–Crippen MR) is 76.2 cm³/mol. The van der Waals surface area contributed by atoms with E-state index in [-0.39, 0.29) is 6.10 Å². The molecule has 0 aromatic rings. The van der Waals surface area contributed by atoms with E-state index in [9.17, 15) is 8.42 Å². The predicted octanol–water partition coefficient (Wildman–Crippen LogP) is 0.177. The van der Waals surface area contributed by atoms with Crippen molar-refractivity contribution in [2.75, 3.05) is 40.3 Å². The maximum absolute atomic E-state index is 12.0. The molecule has 0 aromatic heterocycles. The van der Waals surface area contributed by atoms with Crippen LogP contribution in [0.1, 0.15) is 26.2 Å². The van der Waals surface area contributed by atoms with E-state index in [1.807, 2.05) is 7.05 Å². The number of ether oxygens (including phenoxy) is 1. The molecule has 0 aromatic carbocycles. The van der Waals surface area contributed by atoms with Gasteiger partial charge in [-0.2, -0.15) is 12.7 Å². The van der Waals surface area contributed by atoms with Crippen LogP contribution in [0.25, 0.3) is 0 Å². The fraction of sp³-hybridized carbons (Fsp3) is 1.00. The lowest BCUT2D eigenvalue weighted by Crippen LogP contribution is -2.42. The Labute approximate surface area is 117 Å². The van der Waals surface area contributed by atoms with E-state index in [4.69, 9.17) is 4.74 Å². The van der Waals surface area contributed by atoms with Crippen LogP contribution in [0.15, 0.2) is 0 Å². The van der Waals surface area contributed by atoms with Gasteiger partial charge < -0.3 is 10.1 Å². The molecule has 19 heavy (non-hydrogen) atoms. The van der Waals surface area contributed by atoms with Crippen LogP contribution in [0.5, 0.6) is 0 Å². The first-order valence-corrected chi connectivity index (χ1v) is 8.42. The quantitative estimate of drug-likeness (QED) is 0.595. The third-order valence-electron chi connectivity index (χ3n) is 3.59. The van der Waals surface area contributed by atoms with E-state index < -0.39 is 10.2 Å². The van der Waals surface area contributed by atoms with E-state index in [1.165, 1.54) is 4.31 Å². The van der Waals surface area contributed by atoms with Crippen LogP contribution >= 0.6 is 0 Å². The standard InChI is InChI=1S/C12H27N3O3S/c1-4-12-11(6-9-18-12)10-14-19(16,17)15(3)8-5-7-13-2/h11-14H,4-10H2,1-3H3. The van der Waals surface area contributed by atoms with Gasteiger partial charge in [-0.25, -0.2) is 4.72 Å². The Balaban J connectivity index is 2.37. The Morgan fingerprint density at radius 2 is 2.16 bits per heavy atom. The summed E-state index contributed by atoms with van der Waals surface area (Å²) in [6.45, 7) is 4.62. The summed E-state index contributed by atoms with van der Waals surface area (Å²) in [5, 5.41) is 3.01. The molecule has 2 atom stereocenters. The first-order valence-electron chi connectivity index (χ1n) is 6.98. The fourth-order valence-electron chi connectivity index (χ4n) is 2.30. The molecule has 0 amide bonds. The Morgan fingerprint density at radius 3 is 2.79 bits per heavy atom. The first-order chi connectivity index (χ1) is 9.01. The third-order valence-corrected chi connectivity index (χ3v) is 5.12. The van der Waals surface area contributed by atoms with Gasteiger partial charge in [0.05, 0.1) is 6.10 Å². The van der Waals surface area contributed by atoms with Gasteiger partial charge in [0.25, 0.3) is 10.2 Å². The topological polar surface area (TPSA) is 70.7 Å². The zero-order chi connectivity index (χ0) is 14.3. The molecular formula is C12H27N3O3S. The van der Waals surface area contributed by atoms with Gasteiger partial charge in [0.15, 0.2) is 0 Å². The van der Waals surface area contributed by atoms with Crippen LogP contribution in [0, 0.1) is 5.92 Å². The van der Waals surface area contributed by atoms with Crippen molar-refractivity contribution in [3.05, 3.63) is 0 Å². The van der Waals surface area contributed by atoms with Crippen molar-refractivity contribution in [2.24, 2.45) is 5.92 Å². The third kappa shape index (κ3) is 5.35. The molecule has 2 unspecified atom stereocenters. The molecule has 1 aliphatic rings. The van der Waals surface area contributed by atoms with E-state index in [1.54, 1.807) is 7.05 Å². The number of hydrogen-bond donors (Lipinski definition) is 2. The van der Waals surface area contributed by atoms with Crippen molar-refractivity contribution < 1.29 is 13.2 Å². The SMILES string of the molecule is CCC1OCCC1CNS(=O)(=O)N(C)CCCNC. The molecular weight excluding hydrogens is 266 g/mol. The van der Waals surface area contributed by atoms with Crippen LogP contribution < -0.4 is 10.0 Å². The van der Waals surface area contributed by atoms with Crippen LogP contribution in [0.3, 0.4) is 0 Å².